The number of ether oxygens (including phenoxy) is 4. The number of carbonyl (C=O) groups is 4. The van der Waals surface area contributed by atoms with E-state index in [1.54, 1.807) is 67.5 Å². The fourth-order valence-electron chi connectivity index (χ4n) is 11.0. The van der Waals surface area contributed by atoms with Crippen molar-refractivity contribution in [3.63, 3.8) is 0 Å². The number of nitrogens with one attached hydrogen (secondary N) is 2. The highest BCUT2D eigenvalue weighted by atomic mass is 16.7. The zero-order valence-electron chi connectivity index (χ0n) is 38.1. The molecule has 2 saturated heterocycles. The number of hydrogen-bond acceptors (Lipinski definition) is 12. The Kier molecular flexibility index (Phi) is 12.7. The predicted molar refractivity (Wildman–Crippen MR) is 246 cm³/mol. The quantitative estimate of drug-likeness (QED) is 0.181. The Morgan fingerprint density at radius 2 is 1.00 bits per heavy atom. The van der Waals surface area contributed by atoms with Gasteiger partial charge in [-0.1, -0.05) is 36.4 Å². The minimum atomic E-state index is -0.686. The van der Waals surface area contributed by atoms with Gasteiger partial charge in [-0.15, -0.1) is 0 Å². The summed E-state index contributed by atoms with van der Waals surface area (Å²) in [6.07, 6.45) is 7.08. The van der Waals surface area contributed by atoms with Gasteiger partial charge in [0.25, 0.3) is 11.1 Å². The number of rotatable bonds is 10. The van der Waals surface area contributed by atoms with Crippen LogP contribution in [0.15, 0.2) is 82.4 Å². The highest BCUT2D eigenvalue weighted by molar-refractivity contribution is 5.85. The Bertz CT molecular complexity index is 2660. The van der Waals surface area contributed by atoms with Crippen LogP contribution in [0.2, 0.25) is 0 Å². The molecule has 6 aliphatic rings. The van der Waals surface area contributed by atoms with Crippen molar-refractivity contribution >= 4 is 35.8 Å². The first kappa shape index (κ1) is 46.0. The van der Waals surface area contributed by atoms with Crippen molar-refractivity contribution < 1.29 is 48.3 Å². The monoisotopic (exact) mass is 930 g/mol. The lowest BCUT2D eigenvalue weighted by molar-refractivity contribution is -0.136. The highest BCUT2D eigenvalue weighted by Gasteiger charge is 2.58. The van der Waals surface area contributed by atoms with E-state index in [9.17, 15) is 39.0 Å². The Hall–Kier alpha value is -7.18. The summed E-state index contributed by atoms with van der Waals surface area (Å²) in [7, 11) is 0. The van der Waals surface area contributed by atoms with E-state index in [1.807, 2.05) is 50.2 Å². The van der Waals surface area contributed by atoms with Crippen LogP contribution in [0.3, 0.4) is 0 Å². The number of pyridine rings is 2. The zero-order valence-corrected chi connectivity index (χ0v) is 38.1. The second kappa shape index (κ2) is 18.8. The molecule has 0 aliphatic carbocycles. The zero-order chi connectivity index (χ0) is 48.0. The number of fused-ring (bicyclic) bond motifs is 10. The third-order valence-corrected chi connectivity index (χ3v) is 14.0. The van der Waals surface area contributed by atoms with E-state index < -0.39 is 47.8 Å². The number of aliphatic hydroxyl groups excluding tert-OH is 2. The largest absolute Gasteiger partial charge is 0.454 e. The Morgan fingerprint density at radius 1 is 0.603 bits per heavy atom. The number of carbonyl (C=O) groups excluding carboxylic acids is 4. The number of benzene rings is 2. The van der Waals surface area contributed by atoms with Crippen LogP contribution in [-0.4, -0.2) is 91.7 Å². The molecule has 2 aromatic heterocycles. The van der Waals surface area contributed by atoms with E-state index in [2.05, 4.69) is 10.6 Å². The van der Waals surface area contributed by atoms with Crippen LogP contribution < -0.4 is 40.7 Å². The third-order valence-electron chi connectivity index (χ3n) is 14.0. The van der Waals surface area contributed by atoms with Gasteiger partial charge in [-0.2, -0.15) is 0 Å². The molecule has 6 aliphatic heterocycles. The smallest absolute Gasteiger partial charge is 0.258 e. The van der Waals surface area contributed by atoms with Crippen molar-refractivity contribution in [2.75, 3.05) is 26.8 Å². The molecule has 8 atom stereocenters. The Labute approximate surface area is 391 Å². The first-order valence-corrected chi connectivity index (χ1v) is 22.7. The van der Waals surface area contributed by atoms with Gasteiger partial charge in [0.2, 0.25) is 37.2 Å². The van der Waals surface area contributed by atoms with E-state index in [-0.39, 0.29) is 87.7 Å². The number of nitrogens with zero attached hydrogens (tertiary/aromatic N) is 4. The number of aliphatic hydroxyl groups is 2. The lowest BCUT2D eigenvalue weighted by Gasteiger charge is -2.37. The van der Waals surface area contributed by atoms with Gasteiger partial charge in [0.15, 0.2) is 23.0 Å². The topological polar surface area (TPSA) is 220 Å². The molecule has 4 amide bonds. The van der Waals surface area contributed by atoms with Crippen molar-refractivity contribution in [1.82, 2.24) is 29.6 Å². The number of amides is 4. The van der Waals surface area contributed by atoms with Gasteiger partial charge >= 0.3 is 0 Å². The second-order valence-electron chi connectivity index (χ2n) is 17.7. The molecule has 4 bridgehead atoms. The van der Waals surface area contributed by atoms with E-state index in [0.29, 0.717) is 45.5 Å². The molecule has 4 aromatic rings. The second-order valence-corrected chi connectivity index (χ2v) is 17.7. The van der Waals surface area contributed by atoms with Crippen LogP contribution in [0.4, 0.5) is 0 Å². The van der Waals surface area contributed by atoms with Crippen molar-refractivity contribution in [2.24, 2.45) is 23.7 Å². The summed E-state index contributed by atoms with van der Waals surface area (Å²) < 4.78 is 24.8. The summed E-state index contributed by atoms with van der Waals surface area (Å²) in [6, 6.07) is 15.9. The molecular weight excluding hydrogens is 877 g/mol. The molecule has 10 rings (SSSR count). The average Bonchev–Trinajstić information content (AvgIpc) is 4.11. The van der Waals surface area contributed by atoms with Gasteiger partial charge in [0.1, 0.15) is 0 Å². The summed E-state index contributed by atoms with van der Waals surface area (Å²) in [4.78, 5) is 81.7. The van der Waals surface area contributed by atoms with Crippen molar-refractivity contribution in [3.8, 4) is 23.0 Å². The van der Waals surface area contributed by atoms with Gasteiger partial charge in [-0.05, 0) is 73.5 Å². The van der Waals surface area contributed by atoms with Crippen LogP contribution >= 0.6 is 0 Å². The molecule has 2 aromatic carbocycles. The first-order valence-electron chi connectivity index (χ1n) is 22.7. The van der Waals surface area contributed by atoms with Crippen molar-refractivity contribution in [1.29, 1.82) is 0 Å². The van der Waals surface area contributed by atoms with E-state index in [4.69, 9.17) is 18.9 Å². The summed E-state index contributed by atoms with van der Waals surface area (Å²) in [5, 5.41) is 26.5. The summed E-state index contributed by atoms with van der Waals surface area (Å²) >= 11 is 0. The van der Waals surface area contributed by atoms with Gasteiger partial charge < -0.3 is 58.7 Å². The van der Waals surface area contributed by atoms with Crippen LogP contribution in [0.5, 0.6) is 23.0 Å². The fraction of sp³-hybridized carbons (Fsp3) is 0.400. The fourth-order valence-corrected chi connectivity index (χ4v) is 11.0. The number of allylic oxidation sites excluding steroid dienone is 2. The minimum absolute atomic E-state index is 0.160. The highest BCUT2D eigenvalue weighted by Crippen LogP contribution is 2.50. The summed E-state index contributed by atoms with van der Waals surface area (Å²) in [6.45, 7) is 7.42. The van der Waals surface area contributed by atoms with Gasteiger partial charge in [-0.3, -0.25) is 28.8 Å². The summed E-state index contributed by atoms with van der Waals surface area (Å²) in [5.74, 6) is -0.677. The van der Waals surface area contributed by atoms with E-state index in [1.165, 1.54) is 13.8 Å². The Balaban J connectivity index is 0.000000170. The maximum atomic E-state index is 13.5. The maximum Gasteiger partial charge on any atom is 0.258 e. The normalized spacial score (nSPS) is 24.4. The molecule has 2 fully saturated rings. The van der Waals surface area contributed by atoms with Gasteiger partial charge in [-0.25, -0.2) is 0 Å². The molecule has 68 heavy (non-hydrogen) atoms. The van der Waals surface area contributed by atoms with Crippen molar-refractivity contribution in [3.05, 3.63) is 127 Å². The Morgan fingerprint density at radius 3 is 1.37 bits per heavy atom. The molecule has 356 valence electrons. The molecule has 0 radical (unpaired) electrons. The molecular formula is C50H54N6O12. The SMILES string of the molecule is C/C=C/c1ccc2n(c1=O)C[C@H]1[C@H](CO)[C@@H](C(=O)NCc3ccc4c(c3)OCO4)[C@@H]2N1C(C)=O.C/C=C\c1ccc2n(c1=O)C[C@H]1[C@H](CO)[C@@H](C(=O)NCc3ccc4c(c3)OCO4)[C@@H]2N1C(C)=O. The summed E-state index contributed by atoms with van der Waals surface area (Å²) in [5.41, 5.74) is 3.69. The lowest BCUT2D eigenvalue weighted by atomic mass is 9.86. The molecule has 0 saturated carbocycles. The average molecular weight is 931 g/mol. The predicted octanol–water partition coefficient (Wildman–Crippen LogP) is 2.87. The van der Waals surface area contributed by atoms with Crippen LogP contribution in [-0.2, 0) is 45.4 Å². The first-order chi connectivity index (χ1) is 32.9. The van der Waals surface area contributed by atoms with E-state index in [0.717, 1.165) is 11.1 Å². The molecule has 0 unspecified atom stereocenters. The molecule has 18 heteroatoms. The van der Waals surface area contributed by atoms with Crippen LogP contribution in [0.1, 0.15) is 73.4 Å². The maximum absolute atomic E-state index is 13.5. The van der Waals surface area contributed by atoms with Crippen LogP contribution in [0.25, 0.3) is 12.2 Å². The third kappa shape index (κ3) is 8.00. The molecule has 4 N–H and O–H groups in total. The number of hydrogen-bond donors (Lipinski definition) is 4. The van der Waals surface area contributed by atoms with Gasteiger partial charge in [0.05, 0.1) is 36.0 Å². The molecule has 0 spiro atoms. The van der Waals surface area contributed by atoms with Crippen LogP contribution in [0, 0.1) is 23.7 Å². The van der Waals surface area contributed by atoms with Gasteiger partial charge in [0, 0.05) is 87.6 Å². The van der Waals surface area contributed by atoms with Crippen molar-refractivity contribution in [2.45, 2.75) is 78.0 Å². The minimum Gasteiger partial charge on any atom is -0.454 e. The number of aromatic nitrogens is 2. The van der Waals surface area contributed by atoms with E-state index >= 15 is 0 Å². The standard InChI is InChI=1S/2C25H27N3O6/c2*1-3-4-16-6-7-18-23-22(17(12-29)19(28(23)14(2)30)11-27(18)25(16)32)24(31)26-10-15-5-8-20-21(9-15)34-13-33-20/h2*3-9,17,19,22-23,29H,10-13H2,1-2H3,(H,26,31)/b4-3+;4-3-/t2*17-,19-,22+,23+/m00/s1. The molecule has 8 heterocycles. The molecule has 18 nitrogen and oxygen atoms in total. The lowest BCUT2D eigenvalue weighted by Crippen LogP contribution is -2.48.